The zero-order valence-electron chi connectivity index (χ0n) is 12.0. The zero-order valence-corrected chi connectivity index (χ0v) is 12.0. The highest BCUT2D eigenvalue weighted by molar-refractivity contribution is 5.88. The molecular weight excluding hydrogens is 260 g/mol. The van der Waals surface area contributed by atoms with Gasteiger partial charge in [0.15, 0.2) is 6.54 Å². The van der Waals surface area contributed by atoms with E-state index in [2.05, 4.69) is 5.32 Å². The van der Waals surface area contributed by atoms with Gasteiger partial charge in [0.05, 0.1) is 13.1 Å². The maximum atomic E-state index is 12.0. The maximum Gasteiger partial charge on any atom is 0.367 e. The molecule has 0 atom stereocenters. The molecule has 6 nitrogen and oxygen atoms in total. The van der Waals surface area contributed by atoms with Gasteiger partial charge in [-0.05, 0) is 38.1 Å². The molecule has 1 rings (SSSR count). The van der Waals surface area contributed by atoms with E-state index in [1.807, 2.05) is 0 Å². The van der Waals surface area contributed by atoms with Crippen molar-refractivity contribution in [3.05, 3.63) is 29.5 Å². The number of carbonyl (C=O) groups is 2. The molecule has 0 aliphatic heterocycles. The van der Waals surface area contributed by atoms with Crippen LogP contribution < -0.4 is 10.1 Å². The third kappa shape index (κ3) is 4.99. The number of anilines is 1. The minimum absolute atomic E-state index is 0.172. The second-order valence-corrected chi connectivity index (χ2v) is 4.53. The van der Waals surface area contributed by atoms with Gasteiger partial charge in [0.1, 0.15) is 5.75 Å². The number of quaternary nitrogens is 1. The van der Waals surface area contributed by atoms with Crippen LogP contribution >= 0.6 is 0 Å². The summed E-state index contributed by atoms with van der Waals surface area (Å²) >= 11 is 0. The van der Waals surface area contributed by atoms with Gasteiger partial charge in [-0.25, -0.2) is 4.79 Å². The summed E-state index contributed by atoms with van der Waals surface area (Å²) in [7, 11) is 0. The number of esters is 1. The molecule has 0 heterocycles. The first-order valence-corrected chi connectivity index (χ1v) is 6.54. The molecule has 6 heteroatoms. The standard InChI is InChI=1S/C14H20N2O4/c1-4-16(19,5-2)10-14(18)20-13-8-6-12(7-9-13)15-11(3)17/h6-9H,4-5,10H2,1-3H3,(H,15,17). The number of likely N-dealkylation sites (N-methyl/N-ethyl adjacent to an activating group) is 1. The van der Waals surface area contributed by atoms with Gasteiger partial charge in [0.25, 0.3) is 0 Å². The molecule has 1 N–H and O–H groups in total. The van der Waals surface area contributed by atoms with Crippen molar-refractivity contribution < 1.29 is 19.0 Å². The van der Waals surface area contributed by atoms with E-state index in [4.69, 9.17) is 4.74 Å². The monoisotopic (exact) mass is 280 g/mol. The van der Waals surface area contributed by atoms with E-state index >= 15 is 0 Å². The van der Waals surface area contributed by atoms with Gasteiger partial charge < -0.3 is 19.9 Å². The number of benzene rings is 1. The van der Waals surface area contributed by atoms with Gasteiger partial charge in [-0.2, -0.15) is 0 Å². The number of nitrogens with one attached hydrogen (secondary N) is 1. The van der Waals surface area contributed by atoms with Gasteiger partial charge in [-0.1, -0.05) is 0 Å². The van der Waals surface area contributed by atoms with E-state index in [0.29, 0.717) is 24.5 Å². The SMILES string of the molecule is CC[N+]([O-])(CC)CC(=O)Oc1ccc(NC(C)=O)cc1. The Kier molecular flexibility index (Phi) is 5.66. The van der Waals surface area contributed by atoms with Crippen molar-refractivity contribution >= 4 is 17.6 Å². The molecule has 0 radical (unpaired) electrons. The first-order chi connectivity index (χ1) is 9.38. The van der Waals surface area contributed by atoms with E-state index < -0.39 is 10.6 Å². The molecule has 0 saturated heterocycles. The van der Waals surface area contributed by atoms with Crippen molar-refractivity contribution in [3.63, 3.8) is 0 Å². The molecular formula is C14H20N2O4. The zero-order chi connectivity index (χ0) is 15.2. The Morgan fingerprint density at radius 3 is 2.20 bits per heavy atom. The van der Waals surface area contributed by atoms with Gasteiger partial charge in [0, 0.05) is 12.6 Å². The molecule has 1 amide bonds. The average Bonchev–Trinajstić information content (AvgIpc) is 2.40. The Labute approximate surface area is 118 Å². The van der Waals surface area contributed by atoms with Crippen molar-refractivity contribution in [2.45, 2.75) is 20.8 Å². The summed E-state index contributed by atoms with van der Waals surface area (Å²) in [6.07, 6.45) is 0. The lowest BCUT2D eigenvalue weighted by molar-refractivity contribution is -0.869. The quantitative estimate of drug-likeness (QED) is 0.373. The molecule has 1 aromatic carbocycles. The number of hydrogen-bond acceptors (Lipinski definition) is 4. The van der Waals surface area contributed by atoms with E-state index in [0.717, 1.165) is 0 Å². The number of hydroxylamine groups is 3. The first kappa shape index (κ1) is 16.1. The van der Waals surface area contributed by atoms with Gasteiger partial charge in [-0.3, -0.25) is 4.79 Å². The summed E-state index contributed by atoms with van der Waals surface area (Å²) in [4.78, 5) is 22.6. The Balaban J connectivity index is 2.60. The molecule has 0 aromatic heterocycles. The highest BCUT2D eigenvalue weighted by Gasteiger charge is 2.18. The molecule has 0 aliphatic rings. The van der Waals surface area contributed by atoms with Crippen LogP contribution in [0.5, 0.6) is 5.75 Å². The number of carbonyl (C=O) groups excluding carboxylic acids is 2. The first-order valence-electron chi connectivity index (χ1n) is 6.54. The lowest BCUT2D eigenvalue weighted by Gasteiger charge is -2.39. The highest BCUT2D eigenvalue weighted by Crippen LogP contribution is 2.16. The predicted octanol–water partition coefficient (Wildman–Crippen LogP) is 1.90. The van der Waals surface area contributed by atoms with Crippen molar-refractivity contribution in [1.82, 2.24) is 0 Å². The summed E-state index contributed by atoms with van der Waals surface area (Å²) in [6.45, 7) is 5.34. The van der Waals surface area contributed by atoms with Crippen LogP contribution in [0.25, 0.3) is 0 Å². The Morgan fingerprint density at radius 2 is 1.75 bits per heavy atom. The third-order valence-electron chi connectivity index (χ3n) is 2.98. The van der Waals surface area contributed by atoms with E-state index in [-0.39, 0.29) is 12.5 Å². The minimum Gasteiger partial charge on any atom is -0.632 e. The number of hydrogen-bond donors (Lipinski definition) is 1. The van der Waals surface area contributed by atoms with Crippen LogP contribution in [0.4, 0.5) is 5.69 Å². The predicted molar refractivity (Wildman–Crippen MR) is 76.0 cm³/mol. The molecule has 0 aliphatic carbocycles. The fourth-order valence-electron chi connectivity index (χ4n) is 1.66. The molecule has 1 aromatic rings. The second-order valence-electron chi connectivity index (χ2n) is 4.53. The summed E-state index contributed by atoms with van der Waals surface area (Å²) in [6, 6.07) is 6.40. The van der Waals surface area contributed by atoms with Crippen LogP contribution in [0.1, 0.15) is 20.8 Å². The normalized spacial score (nSPS) is 11.0. The molecule has 0 bridgehead atoms. The Bertz CT molecular complexity index is 467. The lowest BCUT2D eigenvalue weighted by Crippen LogP contribution is -2.46. The molecule has 0 spiro atoms. The van der Waals surface area contributed by atoms with Crippen LogP contribution in [0.2, 0.25) is 0 Å². The van der Waals surface area contributed by atoms with Crippen molar-refractivity contribution in [1.29, 1.82) is 0 Å². The summed E-state index contributed by atoms with van der Waals surface area (Å²) in [5, 5.41) is 14.6. The van der Waals surface area contributed by atoms with Crippen LogP contribution in [0.15, 0.2) is 24.3 Å². The van der Waals surface area contributed by atoms with Gasteiger partial charge in [-0.15, -0.1) is 0 Å². The van der Waals surface area contributed by atoms with Gasteiger partial charge >= 0.3 is 5.97 Å². The smallest absolute Gasteiger partial charge is 0.367 e. The molecule has 0 saturated carbocycles. The van der Waals surface area contributed by atoms with Crippen LogP contribution in [0.3, 0.4) is 0 Å². The number of ether oxygens (including phenoxy) is 1. The minimum atomic E-state index is -0.594. The third-order valence-corrected chi connectivity index (χ3v) is 2.98. The van der Waals surface area contributed by atoms with Crippen LogP contribution in [-0.2, 0) is 9.59 Å². The fraction of sp³-hybridized carbons (Fsp3) is 0.429. The van der Waals surface area contributed by atoms with Crippen molar-refractivity contribution in [3.8, 4) is 5.75 Å². The Hall–Kier alpha value is -1.92. The molecule has 20 heavy (non-hydrogen) atoms. The van der Waals surface area contributed by atoms with Crippen LogP contribution in [0, 0.1) is 5.21 Å². The lowest BCUT2D eigenvalue weighted by atomic mass is 10.3. The largest absolute Gasteiger partial charge is 0.632 e. The average molecular weight is 280 g/mol. The van der Waals surface area contributed by atoms with E-state index in [1.54, 1.807) is 38.1 Å². The van der Waals surface area contributed by atoms with E-state index in [9.17, 15) is 14.8 Å². The van der Waals surface area contributed by atoms with Gasteiger partial charge in [0.2, 0.25) is 5.91 Å². The van der Waals surface area contributed by atoms with Crippen LogP contribution in [-0.4, -0.2) is 36.2 Å². The molecule has 110 valence electrons. The number of rotatable bonds is 6. The Morgan fingerprint density at radius 1 is 1.20 bits per heavy atom. The molecule has 0 fully saturated rings. The van der Waals surface area contributed by atoms with E-state index in [1.165, 1.54) is 6.92 Å². The van der Waals surface area contributed by atoms with Crippen molar-refractivity contribution in [2.75, 3.05) is 25.0 Å². The summed E-state index contributed by atoms with van der Waals surface area (Å²) in [5.41, 5.74) is 0.619. The summed E-state index contributed by atoms with van der Waals surface area (Å²) < 4.78 is 4.51. The number of amides is 1. The molecule has 0 unspecified atom stereocenters. The fourth-order valence-corrected chi connectivity index (χ4v) is 1.66. The highest BCUT2D eigenvalue weighted by atomic mass is 16.6. The second kappa shape index (κ2) is 7.02. The topological polar surface area (TPSA) is 78.5 Å². The number of nitrogens with zero attached hydrogens (tertiary/aromatic N) is 1. The maximum absolute atomic E-state index is 12.0. The van der Waals surface area contributed by atoms with Crippen molar-refractivity contribution in [2.24, 2.45) is 0 Å². The summed E-state index contributed by atoms with van der Waals surface area (Å²) in [5.74, 6) is -0.382.